The number of nitrogens with one attached hydrogen (secondary N) is 1. The fraction of sp³-hybridized carbons (Fsp3) is 0.529. The van der Waals surface area contributed by atoms with Gasteiger partial charge in [-0.3, -0.25) is 9.59 Å². The van der Waals surface area contributed by atoms with Gasteiger partial charge in [0, 0.05) is 19.3 Å². The van der Waals surface area contributed by atoms with Gasteiger partial charge in [-0.1, -0.05) is 6.92 Å². The number of aryl methyl sites for hydroxylation is 2. The van der Waals surface area contributed by atoms with Crippen LogP contribution in [0.4, 0.5) is 0 Å². The van der Waals surface area contributed by atoms with Crippen molar-refractivity contribution in [2.24, 2.45) is 0 Å². The molecule has 1 N–H and O–H groups in total. The fourth-order valence-corrected chi connectivity index (χ4v) is 3.23. The maximum atomic E-state index is 13.1. The first kappa shape index (κ1) is 17.3. The number of amides is 1. The number of aromatic nitrogens is 4. The Balaban J connectivity index is 1.98. The summed E-state index contributed by atoms with van der Waals surface area (Å²) in [5.74, 6) is 1.34. The predicted molar refractivity (Wildman–Crippen MR) is 93.4 cm³/mol. The lowest BCUT2D eigenvalue weighted by Gasteiger charge is -2.37. The molecular formula is C17H24N6O2. The quantitative estimate of drug-likeness (QED) is 0.869. The molecule has 1 aliphatic heterocycles. The third kappa shape index (κ3) is 3.34. The lowest BCUT2D eigenvalue weighted by atomic mass is 10.1. The van der Waals surface area contributed by atoms with E-state index >= 15 is 0 Å². The van der Waals surface area contributed by atoms with E-state index in [4.69, 9.17) is 0 Å². The molecule has 0 saturated heterocycles. The molecule has 0 bridgehead atoms. The molecule has 8 heteroatoms. The average molecular weight is 344 g/mol. The maximum absolute atomic E-state index is 13.1. The van der Waals surface area contributed by atoms with Crippen LogP contribution in [0, 0.1) is 6.92 Å². The van der Waals surface area contributed by atoms with Gasteiger partial charge in [0.25, 0.3) is 11.5 Å². The second-order valence-corrected chi connectivity index (χ2v) is 6.73. The number of carbonyl (C=O) groups excluding carboxylic acids is 1. The van der Waals surface area contributed by atoms with Gasteiger partial charge in [0.1, 0.15) is 11.4 Å². The van der Waals surface area contributed by atoms with Crippen LogP contribution in [0.3, 0.4) is 0 Å². The molecule has 2 aromatic heterocycles. The Bertz CT molecular complexity index is 838. The van der Waals surface area contributed by atoms with E-state index in [1.54, 1.807) is 17.2 Å². The fourth-order valence-electron chi connectivity index (χ4n) is 3.23. The van der Waals surface area contributed by atoms with Crippen molar-refractivity contribution in [3.8, 4) is 0 Å². The number of likely N-dealkylation sites (N-methyl/N-ethyl adjacent to an activating group) is 1. The molecule has 2 aromatic rings. The maximum Gasteiger partial charge on any atom is 0.260 e. The number of H-pyrrole nitrogens is 1. The Labute approximate surface area is 146 Å². The summed E-state index contributed by atoms with van der Waals surface area (Å²) in [5.41, 5.74) is 0.768. The minimum atomic E-state index is -0.353. The largest absolute Gasteiger partial charge is 0.328 e. The molecule has 0 spiro atoms. The summed E-state index contributed by atoms with van der Waals surface area (Å²) in [6.45, 7) is 5.59. The Morgan fingerprint density at radius 2 is 2.16 bits per heavy atom. The zero-order valence-corrected chi connectivity index (χ0v) is 15.1. The molecule has 3 heterocycles. The van der Waals surface area contributed by atoms with Crippen molar-refractivity contribution in [1.29, 1.82) is 0 Å². The van der Waals surface area contributed by atoms with Crippen LogP contribution in [0.25, 0.3) is 0 Å². The molecule has 8 nitrogen and oxygen atoms in total. The molecular weight excluding hydrogens is 320 g/mol. The third-order valence-corrected chi connectivity index (χ3v) is 4.60. The van der Waals surface area contributed by atoms with E-state index in [1.807, 2.05) is 37.4 Å². The van der Waals surface area contributed by atoms with E-state index in [-0.39, 0.29) is 23.1 Å². The second kappa shape index (κ2) is 6.79. The lowest BCUT2D eigenvalue weighted by Crippen LogP contribution is -2.51. The van der Waals surface area contributed by atoms with E-state index in [2.05, 4.69) is 15.2 Å². The summed E-state index contributed by atoms with van der Waals surface area (Å²) in [6, 6.07) is 1.65. The first-order valence-corrected chi connectivity index (χ1v) is 8.46. The van der Waals surface area contributed by atoms with Crippen LogP contribution in [0.2, 0.25) is 0 Å². The average Bonchev–Trinajstić information content (AvgIpc) is 2.94. The Morgan fingerprint density at radius 1 is 1.40 bits per heavy atom. The van der Waals surface area contributed by atoms with Crippen molar-refractivity contribution < 1.29 is 4.79 Å². The SMILES string of the molecule is CCc1c[nH]c(=O)c(C(=O)N2Cc3nnc(C)n3CC2CN(C)C)c1. The van der Waals surface area contributed by atoms with E-state index in [9.17, 15) is 9.59 Å². The van der Waals surface area contributed by atoms with Crippen LogP contribution in [0.5, 0.6) is 0 Å². The van der Waals surface area contributed by atoms with Gasteiger partial charge in [-0.25, -0.2) is 0 Å². The van der Waals surface area contributed by atoms with Gasteiger partial charge in [-0.15, -0.1) is 10.2 Å². The highest BCUT2D eigenvalue weighted by Gasteiger charge is 2.33. The first-order valence-electron chi connectivity index (χ1n) is 8.46. The standard InChI is InChI=1S/C17H24N6O2/c1-5-12-6-14(16(24)18-7-12)17(25)23-10-15-20-19-11(2)22(15)9-13(23)8-21(3)4/h6-7,13H,5,8-10H2,1-4H3,(H,18,24). The number of hydrogen-bond acceptors (Lipinski definition) is 5. The van der Waals surface area contributed by atoms with Gasteiger partial charge in [0.2, 0.25) is 0 Å². The van der Waals surface area contributed by atoms with Gasteiger partial charge in [-0.05, 0) is 39.1 Å². The minimum Gasteiger partial charge on any atom is -0.328 e. The van der Waals surface area contributed by atoms with E-state index in [1.165, 1.54) is 0 Å². The summed E-state index contributed by atoms with van der Waals surface area (Å²) in [4.78, 5) is 31.8. The number of carbonyl (C=O) groups is 1. The summed E-state index contributed by atoms with van der Waals surface area (Å²) in [5, 5.41) is 8.29. The van der Waals surface area contributed by atoms with Gasteiger partial charge in [0.15, 0.2) is 5.82 Å². The number of aromatic amines is 1. The van der Waals surface area contributed by atoms with Crippen molar-refractivity contribution in [1.82, 2.24) is 29.5 Å². The van der Waals surface area contributed by atoms with Crippen LogP contribution in [0.15, 0.2) is 17.1 Å². The van der Waals surface area contributed by atoms with E-state index in [0.29, 0.717) is 19.6 Å². The molecule has 134 valence electrons. The second-order valence-electron chi connectivity index (χ2n) is 6.73. The molecule has 0 saturated carbocycles. The number of nitrogens with zero attached hydrogens (tertiary/aromatic N) is 5. The number of hydrogen-bond donors (Lipinski definition) is 1. The predicted octanol–water partition coefficient (Wildman–Crippen LogP) is 0.423. The molecule has 1 atom stereocenters. The monoisotopic (exact) mass is 344 g/mol. The Morgan fingerprint density at radius 3 is 2.84 bits per heavy atom. The molecule has 0 aliphatic carbocycles. The molecule has 1 amide bonds. The zero-order chi connectivity index (χ0) is 18.1. The number of pyridine rings is 1. The van der Waals surface area contributed by atoms with Crippen molar-refractivity contribution in [3.05, 3.63) is 45.4 Å². The summed E-state index contributed by atoms with van der Waals surface area (Å²) < 4.78 is 2.05. The smallest absolute Gasteiger partial charge is 0.260 e. The minimum absolute atomic E-state index is 0.0469. The van der Waals surface area contributed by atoms with E-state index in [0.717, 1.165) is 23.6 Å². The Kier molecular flexibility index (Phi) is 4.71. The van der Waals surface area contributed by atoms with Crippen LogP contribution in [0.1, 0.15) is 34.5 Å². The van der Waals surface area contributed by atoms with Gasteiger partial charge in [0.05, 0.1) is 12.6 Å². The van der Waals surface area contributed by atoms with Crippen molar-refractivity contribution >= 4 is 5.91 Å². The topological polar surface area (TPSA) is 87.1 Å². The third-order valence-electron chi connectivity index (χ3n) is 4.60. The Hall–Kier alpha value is -2.48. The van der Waals surface area contributed by atoms with Crippen molar-refractivity contribution in [2.45, 2.75) is 39.4 Å². The highest BCUT2D eigenvalue weighted by Crippen LogP contribution is 2.20. The molecule has 0 radical (unpaired) electrons. The van der Waals surface area contributed by atoms with Crippen LogP contribution in [-0.2, 0) is 19.5 Å². The van der Waals surface area contributed by atoms with Gasteiger partial charge in [-0.2, -0.15) is 0 Å². The summed E-state index contributed by atoms with van der Waals surface area (Å²) >= 11 is 0. The summed E-state index contributed by atoms with van der Waals surface area (Å²) in [7, 11) is 3.95. The highest BCUT2D eigenvalue weighted by molar-refractivity contribution is 5.94. The highest BCUT2D eigenvalue weighted by atomic mass is 16.2. The molecule has 1 aliphatic rings. The van der Waals surface area contributed by atoms with Gasteiger partial charge >= 0.3 is 0 Å². The molecule has 1 unspecified atom stereocenters. The van der Waals surface area contributed by atoms with Gasteiger partial charge < -0.3 is 19.4 Å². The zero-order valence-electron chi connectivity index (χ0n) is 15.1. The van der Waals surface area contributed by atoms with E-state index < -0.39 is 0 Å². The molecule has 25 heavy (non-hydrogen) atoms. The number of rotatable bonds is 4. The van der Waals surface area contributed by atoms with Crippen molar-refractivity contribution in [2.75, 3.05) is 20.6 Å². The molecule has 3 rings (SSSR count). The van der Waals surface area contributed by atoms with Crippen LogP contribution in [-0.4, -0.2) is 62.1 Å². The lowest BCUT2D eigenvalue weighted by molar-refractivity contribution is 0.0541. The summed E-state index contributed by atoms with van der Waals surface area (Å²) in [6.07, 6.45) is 2.41. The molecule has 0 aromatic carbocycles. The van der Waals surface area contributed by atoms with Crippen molar-refractivity contribution in [3.63, 3.8) is 0 Å². The van der Waals surface area contributed by atoms with Crippen LogP contribution >= 0.6 is 0 Å². The molecule has 0 fully saturated rings. The first-order chi connectivity index (χ1) is 11.9. The number of fused-ring (bicyclic) bond motifs is 1. The normalized spacial score (nSPS) is 17.0. The van der Waals surface area contributed by atoms with Crippen LogP contribution < -0.4 is 5.56 Å².